The van der Waals surface area contributed by atoms with Gasteiger partial charge in [-0.05, 0) is 17.7 Å². The molecule has 0 aromatic heterocycles. The zero-order chi connectivity index (χ0) is 13.3. The van der Waals surface area contributed by atoms with Gasteiger partial charge in [-0.3, -0.25) is 4.79 Å². The highest BCUT2D eigenvalue weighted by atomic mass is 16.5. The van der Waals surface area contributed by atoms with Gasteiger partial charge in [-0.2, -0.15) is 0 Å². The molecule has 3 rings (SSSR count). The summed E-state index contributed by atoms with van der Waals surface area (Å²) in [5.41, 5.74) is 2.16. The van der Waals surface area contributed by atoms with E-state index in [2.05, 4.69) is 17.6 Å². The molecule has 1 saturated heterocycles. The molecule has 0 bridgehead atoms. The SMILES string of the molecule is CC1(CNCc2ccc3c(c2)NC(=O)CO3)COC1. The quantitative estimate of drug-likeness (QED) is 0.854. The number of hydrogen-bond donors (Lipinski definition) is 2. The molecule has 0 spiro atoms. The molecule has 1 aromatic rings. The van der Waals surface area contributed by atoms with Crippen molar-refractivity contribution in [2.45, 2.75) is 13.5 Å². The molecular formula is C14H18N2O3. The van der Waals surface area contributed by atoms with Gasteiger partial charge in [-0.25, -0.2) is 0 Å². The number of anilines is 1. The number of ether oxygens (including phenoxy) is 2. The van der Waals surface area contributed by atoms with Crippen LogP contribution in [-0.4, -0.2) is 32.3 Å². The first-order valence-electron chi connectivity index (χ1n) is 6.49. The molecule has 0 atom stereocenters. The molecule has 0 aliphatic carbocycles. The fraction of sp³-hybridized carbons (Fsp3) is 0.500. The minimum atomic E-state index is -0.100. The van der Waals surface area contributed by atoms with Crippen molar-refractivity contribution in [1.82, 2.24) is 5.32 Å². The van der Waals surface area contributed by atoms with E-state index in [1.807, 2.05) is 18.2 Å². The lowest BCUT2D eigenvalue weighted by Crippen LogP contribution is -2.47. The molecular weight excluding hydrogens is 244 g/mol. The van der Waals surface area contributed by atoms with E-state index in [-0.39, 0.29) is 17.9 Å². The van der Waals surface area contributed by atoms with Crippen molar-refractivity contribution in [1.29, 1.82) is 0 Å². The fourth-order valence-electron chi connectivity index (χ4n) is 2.30. The lowest BCUT2D eigenvalue weighted by atomic mass is 9.89. The van der Waals surface area contributed by atoms with Gasteiger partial charge in [0.25, 0.3) is 5.91 Å². The van der Waals surface area contributed by atoms with Gasteiger partial charge in [0.1, 0.15) is 5.75 Å². The average molecular weight is 262 g/mol. The van der Waals surface area contributed by atoms with Gasteiger partial charge in [0, 0.05) is 18.5 Å². The Morgan fingerprint density at radius 3 is 3.00 bits per heavy atom. The number of amides is 1. The van der Waals surface area contributed by atoms with Crippen molar-refractivity contribution in [3.05, 3.63) is 23.8 Å². The van der Waals surface area contributed by atoms with E-state index in [1.165, 1.54) is 0 Å². The molecule has 1 aromatic carbocycles. The second-order valence-electron chi connectivity index (χ2n) is 5.57. The third kappa shape index (κ3) is 2.72. The molecule has 102 valence electrons. The first-order valence-corrected chi connectivity index (χ1v) is 6.49. The summed E-state index contributed by atoms with van der Waals surface area (Å²) in [4.78, 5) is 11.3. The number of benzene rings is 1. The second-order valence-corrected chi connectivity index (χ2v) is 5.57. The van der Waals surface area contributed by atoms with Crippen molar-refractivity contribution >= 4 is 11.6 Å². The van der Waals surface area contributed by atoms with Crippen molar-refractivity contribution in [2.24, 2.45) is 5.41 Å². The molecule has 5 heteroatoms. The van der Waals surface area contributed by atoms with Gasteiger partial charge < -0.3 is 20.1 Å². The molecule has 0 unspecified atom stereocenters. The Labute approximate surface area is 112 Å². The Hall–Kier alpha value is -1.59. The van der Waals surface area contributed by atoms with E-state index in [0.29, 0.717) is 0 Å². The predicted octanol–water partition coefficient (Wildman–Crippen LogP) is 1.14. The predicted molar refractivity (Wildman–Crippen MR) is 71.2 cm³/mol. The van der Waals surface area contributed by atoms with Crippen LogP contribution in [0, 0.1) is 5.41 Å². The minimum Gasteiger partial charge on any atom is -0.482 e. The summed E-state index contributed by atoms with van der Waals surface area (Å²) >= 11 is 0. The topological polar surface area (TPSA) is 59.6 Å². The molecule has 2 aliphatic rings. The van der Waals surface area contributed by atoms with Crippen LogP contribution in [0.3, 0.4) is 0 Å². The third-order valence-electron chi connectivity index (χ3n) is 3.46. The van der Waals surface area contributed by atoms with Crippen molar-refractivity contribution in [2.75, 3.05) is 31.7 Å². The van der Waals surface area contributed by atoms with Crippen LogP contribution in [0.4, 0.5) is 5.69 Å². The summed E-state index contributed by atoms with van der Waals surface area (Å²) in [6.45, 7) is 5.68. The van der Waals surface area contributed by atoms with Crippen LogP contribution in [0.2, 0.25) is 0 Å². The number of rotatable bonds is 4. The normalized spacial score (nSPS) is 19.9. The van der Waals surface area contributed by atoms with Gasteiger partial charge in [-0.1, -0.05) is 13.0 Å². The third-order valence-corrected chi connectivity index (χ3v) is 3.46. The number of carbonyl (C=O) groups is 1. The van der Waals surface area contributed by atoms with E-state index in [0.717, 1.165) is 43.3 Å². The maximum atomic E-state index is 11.3. The van der Waals surface area contributed by atoms with Gasteiger partial charge >= 0.3 is 0 Å². The lowest BCUT2D eigenvalue weighted by Gasteiger charge is -2.38. The largest absolute Gasteiger partial charge is 0.482 e. The molecule has 19 heavy (non-hydrogen) atoms. The molecule has 2 N–H and O–H groups in total. The molecule has 5 nitrogen and oxygen atoms in total. The van der Waals surface area contributed by atoms with Crippen LogP contribution in [0.15, 0.2) is 18.2 Å². The minimum absolute atomic E-state index is 0.100. The van der Waals surface area contributed by atoms with Gasteiger partial charge in [-0.15, -0.1) is 0 Å². The van der Waals surface area contributed by atoms with Crippen molar-refractivity contribution in [3.8, 4) is 5.75 Å². The van der Waals surface area contributed by atoms with Crippen LogP contribution < -0.4 is 15.4 Å². The maximum Gasteiger partial charge on any atom is 0.262 e. The second kappa shape index (κ2) is 4.83. The molecule has 1 amide bonds. The van der Waals surface area contributed by atoms with Gasteiger partial charge in [0.15, 0.2) is 6.61 Å². The summed E-state index contributed by atoms with van der Waals surface area (Å²) in [6, 6.07) is 5.88. The van der Waals surface area contributed by atoms with Crippen LogP contribution in [0.25, 0.3) is 0 Å². The van der Waals surface area contributed by atoms with Crippen molar-refractivity contribution < 1.29 is 14.3 Å². The maximum absolute atomic E-state index is 11.3. The number of nitrogens with one attached hydrogen (secondary N) is 2. The van der Waals surface area contributed by atoms with Crippen LogP contribution in [0.1, 0.15) is 12.5 Å². The first kappa shape index (κ1) is 12.4. The van der Waals surface area contributed by atoms with Gasteiger partial charge in [0.2, 0.25) is 0 Å². The van der Waals surface area contributed by atoms with E-state index in [1.54, 1.807) is 0 Å². The number of carbonyl (C=O) groups excluding carboxylic acids is 1. The average Bonchev–Trinajstić information content (AvgIpc) is 2.36. The molecule has 2 aliphatic heterocycles. The highest BCUT2D eigenvalue weighted by molar-refractivity contribution is 5.95. The Balaban J connectivity index is 1.59. The Kier molecular flexibility index (Phi) is 3.16. The van der Waals surface area contributed by atoms with Crippen LogP contribution in [-0.2, 0) is 16.1 Å². The summed E-state index contributed by atoms with van der Waals surface area (Å²) in [5, 5.41) is 6.25. The summed E-state index contributed by atoms with van der Waals surface area (Å²) in [5.74, 6) is 0.638. The lowest BCUT2D eigenvalue weighted by molar-refractivity contribution is -0.118. The van der Waals surface area contributed by atoms with Crippen LogP contribution >= 0.6 is 0 Å². The monoisotopic (exact) mass is 262 g/mol. The Morgan fingerprint density at radius 1 is 1.42 bits per heavy atom. The first-order chi connectivity index (χ1) is 9.15. The van der Waals surface area contributed by atoms with Crippen LogP contribution in [0.5, 0.6) is 5.75 Å². The van der Waals surface area contributed by atoms with Gasteiger partial charge in [0.05, 0.1) is 18.9 Å². The van der Waals surface area contributed by atoms with E-state index in [9.17, 15) is 4.79 Å². The molecule has 0 radical (unpaired) electrons. The Bertz CT molecular complexity index is 497. The number of hydrogen-bond acceptors (Lipinski definition) is 4. The number of fused-ring (bicyclic) bond motifs is 1. The molecule has 0 saturated carbocycles. The van der Waals surface area contributed by atoms with E-state index >= 15 is 0 Å². The smallest absolute Gasteiger partial charge is 0.262 e. The highest BCUT2D eigenvalue weighted by Crippen LogP contribution is 2.29. The fourth-order valence-corrected chi connectivity index (χ4v) is 2.30. The van der Waals surface area contributed by atoms with Crippen molar-refractivity contribution in [3.63, 3.8) is 0 Å². The summed E-state index contributed by atoms with van der Waals surface area (Å²) < 4.78 is 10.5. The highest BCUT2D eigenvalue weighted by Gasteiger charge is 2.32. The standard InChI is InChI=1S/C14H18N2O3/c1-14(8-18-9-14)7-15-5-10-2-3-12-11(4-10)16-13(17)6-19-12/h2-4,15H,5-9H2,1H3,(H,16,17). The molecule has 1 fully saturated rings. The van der Waals surface area contributed by atoms with E-state index in [4.69, 9.17) is 9.47 Å². The summed E-state index contributed by atoms with van der Waals surface area (Å²) in [6.07, 6.45) is 0. The summed E-state index contributed by atoms with van der Waals surface area (Å²) in [7, 11) is 0. The van der Waals surface area contributed by atoms with E-state index < -0.39 is 0 Å². The molecule has 2 heterocycles. The Morgan fingerprint density at radius 2 is 2.26 bits per heavy atom. The zero-order valence-corrected chi connectivity index (χ0v) is 11.0. The zero-order valence-electron chi connectivity index (χ0n) is 11.0.